The Hall–Kier alpha value is -7.42. The molecule has 262 valence electrons. The number of para-hydroxylation sites is 1. The van der Waals surface area contributed by atoms with Gasteiger partial charge in [0.2, 0.25) is 0 Å². The Morgan fingerprint density at radius 2 is 0.804 bits per heavy atom. The molecule has 0 amide bonds. The van der Waals surface area contributed by atoms with E-state index in [0.29, 0.717) is 0 Å². The Morgan fingerprint density at radius 3 is 1.52 bits per heavy atom. The highest BCUT2D eigenvalue weighted by atomic mass is 16.3. The first-order valence-electron chi connectivity index (χ1n) is 19.2. The molecule has 0 saturated heterocycles. The third-order valence-corrected chi connectivity index (χ3v) is 11.3. The summed E-state index contributed by atoms with van der Waals surface area (Å²) in [7, 11) is 0. The second kappa shape index (κ2) is 13.2. The zero-order valence-corrected chi connectivity index (χ0v) is 30.6. The van der Waals surface area contributed by atoms with Gasteiger partial charge in [0.05, 0.1) is 0 Å². The van der Waals surface area contributed by atoms with E-state index in [4.69, 9.17) is 4.42 Å². The van der Waals surface area contributed by atoms with E-state index in [1.807, 2.05) is 12.1 Å². The Kier molecular flexibility index (Phi) is 7.53. The fourth-order valence-electron chi connectivity index (χ4n) is 8.58. The van der Waals surface area contributed by atoms with Gasteiger partial charge < -0.3 is 9.32 Å². The molecule has 0 fully saturated rings. The second-order valence-corrected chi connectivity index (χ2v) is 14.5. The minimum absolute atomic E-state index is 0.903. The van der Waals surface area contributed by atoms with Gasteiger partial charge in [0.25, 0.3) is 0 Å². The SMILES string of the molecule is c1ccc(-c2ccc(N(c3ccc(-c4cc5c6ccccc6ccc5c5ccccc45)cc3)c3ccc(-c4cccc5oc6ccccc6c45)cc3)cc2)cc1. The average molecular weight is 714 g/mol. The summed E-state index contributed by atoms with van der Waals surface area (Å²) in [6.07, 6.45) is 0. The summed E-state index contributed by atoms with van der Waals surface area (Å²) in [6.45, 7) is 0. The van der Waals surface area contributed by atoms with E-state index in [1.165, 1.54) is 54.6 Å². The van der Waals surface area contributed by atoms with E-state index in [2.05, 4.69) is 205 Å². The van der Waals surface area contributed by atoms with Crippen LogP contribution in [0.15, 0.2) is 217 Å². The topological polar surface area (TPSA) is 16.4 Å². The van der Waals surface area contributed by atoms with Crippen molar-refractivity contribution in [2.24, 2.45) is 0 Å². The van der Waals surface area contributed by atoms with Crippen molar-refractivity contribution in [3.05, 3.63) is 212 Å². The molecule has 56 heavy (non-hydrogen) atoms. The van der Waals surface area contributed by atoms with Gasteiger partial charge in [0, 0.05) is 27.8 Å². The maximum Gasteiger partial charge on any atom is 0.136 e. The van der Waals surface area contributed by atoms with Crippen molar-refractivity contribution in [2.75, 3.05) is 4.90 Å². The molecular weight excluding hydrogens is 679 g/mol. The fraction of sp³-hybridized carbons (Fsp3) is 0. The minimum Gasteiger partial charge on any atom is -0.456 e. The van der Waals surface area contributed by atoms with Gasteiger partial charge in [-0.05, 0) is 120 Å². The lowest BCUT2D eigenvalue weighted by atomic mass is 9.91. The van der Waals surface area contributed by atoms with Gasteiger partial charge in [-0.3, -0.25) is 0 Å². The first kappa shape index (κ1) is 32.0. The fourth-order valence-corrected chi connectivity index (χ4v) is 8.58. The molecule has 0 radical (unpaired) electrons. The third kappa shape index (κ3) is 5.34. The van der Waals surface area contributed by atoms with Gasteiger partial charge in [-0.2, -0.15) is 0 Å². The van der Waals surface area contributed by atoms with Crippen LogP contribution >= 0.6 is 0 Å². The van der Waals surface area contributed by atoms with Gasteiger partial charge in [-0.15, -0.1) is 0 Å². The maximum atomic E-state index is 6.23. The lowest BCUT2D eigenvalue weighted by molar-refractivity contribution is 0.669. The van der Waals surface area contributed by atoms with Crippen molar-refractivity contribution in [1.29, 1.82) is 0 Å². The molecule has 0 bridgehead atoms. The summed E-state index contributed by atoms with van der Waals surface area (Å²) in [4.78, 5) is 2.35. The monoisotopic (exact) mass is 713 g/mol. The van der Waals surface area contributed by atoms with Crippen molar-refractivity contribution < 1.29 is 4.42 Å². The second-order valence-electron chi connectivity index (χ2n) is 14.5. The first-order valence-corrected chi connectivity index (χ1v) is 19.2. The van der Waals surface area contributed by atoms with Crippen LogP contribution in [0.25, 0.3) is 87.6 Å². The molecule has 0 unspecified atom stereocenters. The van der Waals surface area contributed by atoms with E-state index in [1.54, 1.807) is 0 Å². The molecule has 11 rings (SSSR count). The van der Waals surface area contributed by atoms with Gasteiger partial charge in [-0.25, -0.2) is 0 Å². The number of nitrogens with zero attached hydrogens (tertiary/aromatic N) is 1. The van der Waals surface area contributed by atoms with E-state index in [-0.39, 0.29) is 0 Å². The van der Waals surface area contributed by atoms with E-state index < -0.39 is 0 Å². The van der Waals surface area contributed by atoms with Crippen molar-refractivity contribution in [3.63, 3.8) is 0 Å². The molecule has 0 aliphatic rings. The van der Waals surface area contributed by atoms with Crippen LogP contribution in [0.1, 0.15) is 0 Å². The molecule has 2 nitrogen and oxygen atoms in total. The zero-order chi connectivity index (χ0) is 37.0. The van der Waals surface area contributed by atoms with E-state index in [9.17, 15) is 0 Å². The molecule has 11 aromatic rings. The van der Waals surface area contributed by atoms with Gasteiger partial charge >= 0.3 is 0 Å². The van der Waals surface area contributed by atoms with Gasteiger partial charge in [-0.1, -0.05) is 158 Å². The molecule has 1 aromatic heterocycles. The summed E-state index contributed by atoms with van der Waals surface area (Å²) < 4.78 is 6.23. The molecule has 0 N–H and O–H groups in total. The lowest BCUT2D eigenvalue weighted by Gasteiger charge is -2.26. The maximum absolute atomic E-state index is 6.23. The van der Waals surface area contributed by atoms with E-state index >= 15 is 0 Å². The van der Waals surface area contributed by atoms with Crippen LogP contribution in [-0.2, 0) is 0 Å². The Bertz CT molecular complexity index is 3210. The molecular formula is C54H35NO. The van der Waals surface area contributed by atoms with Crippen LogP contribution < -0.4 is 4.90 Å². The molecule has 2 heteroatoms. The highest BCUT2D eigenvalue weighted by molar-refractivity contribution is 6.21. The standard InChI is InChI=1S/C54H35NO/c1-2-11-36(12-3-1)37-21-28-41(29-22-37)55(42-30-23-39(24-31-42)45-18-10-20-53-54(45)49-17-8-9-19-52(49)56-53)43-32-25-40(26-33-43)50-35-51-44-14-5-4-13-38(44)27-34-48(51)46-15-6-7-16-47(46)50/h1-35H. The largest absolute Gasteiger partial charge is 0.456 e. The van der Waals surface area contributed by atoms with Gasteiger partial charge in [0.15, 0.2) is 0 Å². The van der Waals surface area contributed by atoms with Crippen LogP contribution in [0.5, 0.6) is 0 Å². The summed E-state index contributed by atoms with van der Waals surface area (Å²) in [6, 6.07) is 76.5. The van der Waals surface area contributed by atoms with Crippen molar-refractivity contribution in [2.45, 2.75) is 0 Å². The number of benzene rings is 10. The van der Waals surface area contributed by atoms with Crippen molar-refractivity contribution in [1.82, 2.24) is 0 Å². The molecule has 10 aromatic carbocycles. The summed E-state index contributed by atoms with van der Waals surface area (Å²) >= 11 is 0. The number of anilines is 3. The number of hydrogen-bond donors (Lipinski definition) is 0. The number of rotatable bonds is 6. The third-order valence-electron chi connectivity index (χ3n) is 11.3. The molecule has 0 saturated carbocycles. The van der Waals surface area contributed by atoms with E-state index in [0.717, 1.165) is 50.1 Å². The zero-order valence-electron chi connectivity index (χ0n) is 30.6. The van der Waals surface area contributed by atoms with Crippen molar-refractivity contribution in [3.8, 4) is 33.4 Å². The normalized spacial score (nSPS) is 11.6. The Balaban J connectivity index is 1.03. The average Bonchev–Trinajstić information content (AvgIpc) is 3.66. The minimum atomic E-state index is 0.903. The smallest absolute Gasteiger partial charge is 0.136 e. The predicted molar refractivity (Wildman–Crippen MR) is 237 cm³/mol. The molecule has 0 spiro atoms. The van der Waals surface area contributed by atoms with Gasteiger partial charge in [0.1, 0.15) is 11.2 Å². The highest BCUT2D eigenvalue weighted by Crippen LogP contribution is 2.42. The summed E-state index contributed by atoms with van der Waals surface area (Å²) in [5, 5.41) is 9.90. The quantitative estimate of drug-likeness (QED) is 0.160. The lowest BCUT2D eigenvalue weighted by Crippen LogP contribution is -2.09. The van der Waals surface area contributed by atoms with Crippen LogP contribution in [0, 0.1) is 0 Å². The first-order chi connectivity index (χ1) is 27.8. The van der Waals surface area contributed by atoms with Crippen LogP contribution in [-0.4, -0.2) is 0 Å². The number of fused-ring (bicyclic) bond motifs is 8. The highest BCUT2D eigenvalue weighted by Gasteiger charge is 2.17. The van der Waals surface area contributed by atoms with Crippen LogP contribution in [0.3, 0.4) is 0 Å². The molecule has 0 atom stereocenters. The summed E-state index contributed by atoms with van der Waals surface area (Å²) in [5.41, 5.74) is 12.2. The predicted octanol–water partition coefficient (Wildman–Crippen LogP) is 15.5. The molecule has 0 aliphatic carbocycles. The molecule has 1 heterocycles. The number of furan rings is 1. The van der Waals surface area contributed by atoms with Crippen molar-refractivity contribution >= 4 is 71.3 Å². The Labute approximate surface area is 325 Å². The summed E-state index contributed by atoms with van der Waals surface area (Å²) in [5.74, 6) is 0. The van der Waals surface area contributed by atoms with Crippen LogP contribution in [0.4, 0.5) is 17.1 Å². The molecule has 0 aliphatic heterocycles. The number of hydrogen-bond acceptors (Lipinski definition) is 2. The Morgan fingerprint density at radius 1 is 0.286 bits per heavy atom. The van der Waals surface area contributed by atoms with Crippen LogP contribution in [0.2, 0.25) is 0 Å².